The maximum Gasteiger partial charge on any atom is 0.341 e. The molecule has 8 heteroatoms. The van der Waals surface area contributed by atoms with Crippen LogP contribution in [0.3, 0.4) is 0 Å². The van der Waals surface area contributed by atoms with Crippen LogP contribution >= 0.6 is 34.4 Å². The van der Waals surface area contributed by atoms with Crippen LogP contribution in [0.2, 0.25) is 0 Å². The van der Waals surface area contributed by atoms with Crippen LogP contribution in [0.1, 0.15) is 26.5 Å². The molecule has 0 saturated heterocycles. The minimum atomic E-state index is -0.430. The number of aromatic nitrogens is 1. The molecule has 2 heterocycles. The number of esters is 1. The van der Waals surface area contributed by atoms with E-state index in [1.165, 1.54) is 41.5 Å². The number of thiophene rings is 1. The number of hydrogen-bond donors (Lipinski definition) is 1. The Morgan fingerprint density at radius 1 is 1.36 bits per heavy atom. The van der Waals surface area contributed by atoms with E-state index in [4.69, 9.17) is 4.74 Å². The number of rotatable bonds is 5. The van der Waals surface area contributed by atoms with E-state index in [-0.39, 0.29) is 11.7 Å². The van der Waals surface area contributed by atoms with Gasteiger partial charge >= 0.3 is 5.97 Å². The zero-order valence-corrected chi connectivity index (χ0v) is 15.1. The molecule has 0 aliphatic heterocycles. The molecule has 1 amide bonds. The summed E-state index contributed by atoms with van der Waals surface area (Å²) in [6, 6.07) is 0. The normalized spacial score (nSPS) is 10.5. The summed E-state index contributed by atoms with van der Waals surface area (Å²) >= 11 is 4.28. The smallest absolute Gasteiger partial charge is 0.341 e. The zero-order chi connectivity index (χ0) is 16.3. The number of hydrogen-bond acceptors (Lipinski definition) is 7. The fourth-order valence-corrected chi connectivity index (χ4v) is 4.47. The van der Waals surface area contributed by atoms with Crippen LogP contribution < -0.4 is 5.32 Å². The number of nitrogens with one attached hydrogen (secondary N) is 1. The maximum atomic E-state index is 12.1. The van der Waals surface area contributed by atoms with E-state index in [1.807, 2.05) is 26.2 Å². The van der Waals surface area contributed by atoms with Crippen molar-refractivity contribution in [1.82, 2.24) is 4.98 Å². The first kappa shape index (κ1) is 17.0. The van der Waals surface area contributed by atoms with Gasteiger partial charge in [-0.25, -0.2) is 9.78 Å². The third-order valence-corrected chi connectivity index (χ3v) is 6.21. The van der Waals surface area contributed by atoms with Crippen LogP contribution in [0, 0.1) is 20.8 Å². The molecule has 2 rings (SSSR count). The monoisotopic (exact) mass is 356 g/mol. The van der Waals surface area contributed by atoms with Gasteiger partial charge in [-0.05, 0) is 26.3 Å². The molecule has 0 fully saturated rings. The highest BCUT2D eigenvalue weighted by Gasteiger charge is 2.21. The number of ether oxygens (including phenoxy) is 1. The van der Waals surface area contributed by atoms with Crippen LogP contribution in [-0.4, -0.2) is 29.7 Å². The lowest BCUT2D eigenvalue weighted by Gasteiger charge is -2.05. The van der Waals surface area contributed by atoms with Crippen molar-refractivity contribution in [2.24, 2.45) is 0 Å². The Morgan fingerprint density at radius 3 is 2.68 bits per heavy atom. The molecule has 0 bridgehead atoms. The van der Waals surface area contributed by atoms with Crippen LogP contribution in [-0.2, 0) is 9.53 Å². The van der Waals surface area contributed by atoms with E-state index in [1.54, 1.807) is 0 Å². The number of carbonyl (C=O) groups is 2. The zero-order valence-electron chi connectivity index (χ0n) is 12.7. The van der Waals surface area contributed by atoms with Crippen molar-refractivity contribution >= 4 is 51.3 Å². The first-order chi connectivity index (χ1) is 10.4. The summed E-state index contributed by atoms with van der Waals surface area (Å²) in [4.78, 5) is 29.2. The van der Waals surface area contributed by atoms with Crippen molar-refractivity contribution in [2.45, 2.75) is 25.1 Å². The molecule has 0 aromatic carbocycles. The lowest BCUT2D eigenvalue weighted by molar-refractivity contribution is -0.113. The molecular weight excluding hydrogens is 340 g/mol. The van der Waals surface area contributed by atoms with Gasteiger partial charge in [0.2, 0.25) is 5.91 Å². The minimum absolute atomic E-state index is 0.163. The molecule has 0 atom stereocenters. The average molecular weight is 356 g/mol. The van der Waals surface area contributed by atoms with Gasteiger partial charge in [-0.2, -0.15) is 0 Å². The molecule has 0 aliphatic carbocycles. The SMILES string of the molecule is COC(=O)c1c(NC(=O)CSc2nc(C)cs2)sc(C)c1C. The van der Waals surface area contributed by atoms with Crippen LogP contribution in [0.25, 0.3) is 0 Å². The first-order valence-electron chi connectivity index (χ1n) is 6.45. The largest absolute Gasteiger partial charge is 0.465 e. The van der Waals surface area contributed by atoms with Gasteiger partial charge in [-0.15, -0.1) is 22.7 Å². The summed E-state index contributed by atoms with van der Waals surface area (Å²) in [5, 5.41) is 5.29. The van der Waals surface area contributed by atoms with Crippen LogP contribution in [0.15, 0.2) is 9.72 Å². The van der Waals surface area contributed by atoms with Crippen molar-refractivity contribution < 1.29 is 14.3 Å². The molecule has 0 unspecified atom stereocenters. The van der Waals surface area contributed by atoms with Gasteiger partial charge in [0.05, 0.1) is 18.4 Å². The first-order valence-corrected chi connectivity index (χ1v) is 9.13. The molecule has 1 N–H and O–H groups in total. The second-order valence-electron chi connectivity index (χ2n) is 4.57. The lowest BCUT2D eigenvalue weighted by atomic mass is 10.1. The van der Waals surface area contributed by atoms with E-state index >= 15 is 0 Å². The number of carbonyl (C=O) groups excluding carboxylic acids is 2. The Kier molecular flexibility index (Phi) is 5.60. The Balaban J connectivity index is 2.05. The molecule has 0 saturated carbocycles. The highest BCUT2D eigenvalue weighted by atomic mass is 32.2. The third-order valence-electron chi connectivity index (χ3n) is 2.95. The van der Waals surface area contributed by atoms with E-state index in [9.17, 15) is 9.59 Å². The summed E-state index contributed by atoms with van der Waals surface area (Å²) in [6.45, 7) is 5.68. The number of anilines is 1. The van der Waals surface area contributed by atoms with Gasteiger partial charge < -0.3 is 10.1 Å². The fourth-order valence-electron chi connectivity index (χ4n) is 1.75. The maximum absolute atomic E-state index is 12.1. The van der Waals surface area contributed by atoms with Gasteiger partial charge in [-0.1, -0.05) is 11.8 Å². The molecule has 0 spiro atoms. The summed E-state index contributed by atoms with van der Waals surface area (Å²) in [6.07, 6.45) is 0. The Labute approximate surface area is 141 Å². The number of methoxy groups -OCH3 is 1. The molecule has 2 aromatic heterocycles. The van der Waals surface area contributed by atoms with Gasteiger partial charge in [-0.3, -0.25) is 4.79 Å². The quantitative estimate of drug-likeness (QED) is 0.654. The third kappa shape index (κ3) is 3.88. The molecule has 22 heavy (non-hydrogen) atoms. The van der Waals surface area contributed by atoms with Gasteiger partial charge in [0, 0.05) is 16.0 Å². The summed E-state index contributed by atoms with van der Waals surface area (Å²) in [5.74, 6) is -0.339. The molecule has 0 radical (unpaired) electrons. The minimum Gasteiger partial charge on any atom is -0.465 e. The number of nitrogens with zero attached hydrogens (tertiary/aromatic N) is 1. The molecule has 5 nitrogen and oxygen atoms in total. The summed E-state index contributed by atoms with van der Waals surface area (Å²) < 4.78 is 5.65. The standard InChI is InChI=1S/C14H16N2O3S3/c1-7-5-20-14(15-7)21-6-10(17)16-12-11(13(18)19-4)8(2)9(3)22-12/h5H,6H2,1-4H3,(H,16,17). The highest BCUT2D eigenvalue weighted by molar-refractivity contribution is 8.01. The van der Waals surface area contributed by atoms with Crippen molar-refractivity contribution in [3.8, 4) is 0 Å². The van der Waals surface area contributed by atoms with Crippen molar-refractivity contribution in [3.63, 3.8) is 0 Å². The van der Waals surface area contributed by atoms with Crippen molar-refractivity contribution in [3.05, 3.63) is 27.1 Å². The molecule has 0 aliphatic rings. The Bertz CT molecular complexity index is 706. The molecule has 2 aromatic rings. The topological polar surface area (TPSA) is 68.3 Å². The highest BCUT2D eigenvalue weighted by Crippen LogP contribution is 2.33. The molecular formula is C14H16N2O3S3. The Hall–Kier alpha value is -1.38. The average Bonchev–Trinajstić information content (AvgIpc) is 3.01. The molecule has 118 valence electrons. The Morgan fingerprint density at radius 2 is 2.09 bits per heavy atom. The van der Waals surface area contributed by atoms with Gasteiger partial charge in [0.1, 0.15) is 5.00 Å². The fraction of sp³-hybridized carbons (Fsp3) is 0.357. The second kappa shape index (κ2) is 7.26. The van der Waals surface area contributed by atoms with Crippen LogP contribution in [0.5, 0.6) is 0 Å². The van der Waals surface area contributed by atoms with E-state index in [0.717, 1.165) is 20.5 Å². The number of amides is 1. The second-order valence-corrected chi connectivity index (χ2v) is 7.88. The van der Waals surface area contributed by atoms with Gasteiger partial charge in [0.25, 0.3) is 0 Å². The predicted molar refractivity (Wildman–Crippen MR) is 91.3 cm³/mol. The van der Waals surface area contributed by atoms with E-state index in [0.29, 0.717) is 10.6 Å². The van der Waals surface area contributed by atoms with E-state index < -0.39 is 5.97 Å². The lowest BCUT2D eigenvalue weighted by Crippen LogP contribution is -2.16. The summed E-state index contributed by atoms with van der Waals surface area (Å²) in [7, 11) is 1.33. The number of aryl methyl sites for hydroxylation is 2. The van der Waals surface area contributed by atoms with Crippen molar-refractivity contribution in [1.29, 1.82) is 0 Å². The summed E-state index contributed by atoms with van der Waals surface area (Å²) in [5.41, 5.74) is 2.23. The predicted octanol–water partition coefficient (Wildman–Crippen LogP) is 3.65. The van der Waals surface area contributed by atoms with E-state index in [2.05, 4.69) is 10.3 Å². The number of thioether (sulfide) groups is 1. The number of thiazole rings is 1. The van der Waals surface area contributed by atoms with Crippen LogP contribution in [0.4, 0.5) is 5.00 Å². The van der Waals surface area contributed by atoms with Gasteiger partial charge in [0.15, 0.2) is 4.34 Å². The van der Waals surface area contributed by atoms with Crippen molar-refractivity contribution in [2.75, 3.05) is 18.2 Å².